The van der Waals surface area contributed by atoms with Gasteiger partial charge in [-0.3, -0.25) is 4.98 Å². The molecule has 1 atom stereocenters. The number of rotatable bonds is 1. The first kappa shape index (κ1) is 9.94. The van der Waals surface area contributed by atoms with Gasteiger partial charge in [-0.1, -0.05) is 25.4 Å². The second-order valence-electron chi connectivity index (χ2n) is 4.12. The first-order chi connectivity index (χ1) is 6.68. The van der Waals surface area contributed by atoms with E-state index in [0.717, 1.165) is 18.0 Å². The number of hydrogen-bond acceptors (Lipinski definition) is 2. The smallest absolute Gasteiger partial charge is 0.0609 e. The van der Waals surface area contributed by atoms with Crippen LogP contribution in [0.2, 0.25) is 5.02 Å². The van der Waals surface area contributed by atoms with Crippen LogP contribution in [0.3, 0.4) is 0 Å². The Hall–Kier alpha value is -0.600. The molecule has 2 heterocycles. The molecule has 0 spiro atoms. The maximum atomic E-state index is 5.92. The summed E-state index contributed by atoms with van der Waals surface area (Å²) in [5.74, 6) is 0.572. The van der Waals surface area contributed by atoms with Crippen LogP contribution in [0.1, 0.15) is 31.1 Å². The number of halogens is 1. The van der Waals surface area contributed by atoms with Crippen molar-refractivity contribution in [3.8, 4) is 0 Å². The van der Waals surface area contributed by atoms with Crippen LogP contribution in [0.4, 0.5) is 0 Å². The van der Waals surface area contributed by atoms with Crippen molar-refractivity contribution in [1.29, 1.82) is 0 Å². The lowest BCUT2D eigenvalue weighted by Gasteiger charge is -2.28. The molecule has 1 aromatic heterocycles. The maximum absolute atomic E-state index is 5.92. The van der Waals surface area contributed by atoms with Crippen molar-refractivity contribution in [3.63, 3.8) is 0 Å². The Bertz CT molecular complexity index is 336. The minimum atomic E-state index is 0.385. The van der Waals surface area contributed by atoms with E-state index in [-0.39, 0.29) is 0 Å². The topological polar surface area (TPSA) is 24.9 Å². The van der Waals surface area contributed by atoms with Crippen molar-refractivity contribution in [2.75, 3.05) is 6.54 Å². The molecule has 0 aromatic carbocycles. The summed E-state index contributed by atoms with van der Waals surface area (Å²) in [5, 5.41) is 4.23. The first-order valence-electron chi connectivity index (χ1n) is 5.06. The third-order valence-electron chi connectivity index (χ3n) is 2.69. The van der Waals surface area contributed by atoms with Crippen LogP contribution < -0.4 is 5.32 Å². The summed E-state index contributed by atoms with van der Waals surface area (Å²) < 4.78 is 0. The Kier molecular flexibility index (Phi) is 2.75. The zero-order chi connectivity index (χ0) is 10.1. The van der Waals surface area contributed by atoms with Crippen LogP contribution in [0, 0.1) is 5.92 Å². The van der Waals surface area contributed by atoms with Crippen molar-refractivity contribution in [2.45, 2.75) is 26.3 Å². The van der Waals surface area contributed by atoms with Gasteiger partial charge in [-0.25, -0.2) is 0 Å². The van der Waals surface area contributed by atoms with E-state index in [2.05, 4.69) is 24.1 Å². The first-order valence-corrected chi connectivity index (χ1v) is 5.44. The minimum Gasteiger partial charge on any atom is -0.308 e. The number of fused-ring (bicyclic) bond motifs is 1. The van der Waals surface area contributed by atoms with Crippen LogP contribution in [-0.2, 0) is 6.42 Å². The second-order valence-corrected chi connectivity index (χ2v) is 4.56. The summed E-state index contributed by atoms with van der Waals surface area (Å²) in [4.78, 5) is 4.43. The molecule has 0 saturated heterocycles. The quantitative estimate of drug-likeness (QED) is 0.771. The monoisotopic (exact) mass is 210 g/mol. The summed E-state index contributed by atoms with van der Waals surface area (Å²) in [6, 6.07) is 2.43. The van der Waals surface area contributed by atoms with Gasteiger partial charge < -0.3 is 5.32 Å². The molecule has 0 bridgehead atoms. The summed E-state index contributed by atoms with van der Waals surface area (Å²) >= 11 is 5.92. The van der Waals surface area contributed by atoms with E-state index in [9.17, 15) is 0 Å². The molecule has 0 aliphatic carbocycles. The molecule has 0 saturated carbocycles. The third-order valence-corrected chi connectivity index (χ3v) is 2.89. The molecule has 2 nitrogen and oxygen atoms in total. The third kappa shape index (κ3) is 1.77. The van der Waals surface area contributed by atoms with E-state index in [1.807, 2.05) is 6.07 Å². The molecular formula is C11H15ClN2. The van der Waals surface area contributed by atoms with Gasteiger partial charge in [0.2, 0.25) is 0 Å². The average Bonchev–Trinajstić information content (AvgIpc) is 2.16. The number of nitrogens with one attached hydrogen (secondary N) is 1. The molecule has 0 radical (unpaired) electrons. The average molecular weight is 211 g/mol. The van der Waals surface area contributed by atoms with Crippen molar-refractivity contribution in [2.24, 2.45) is 5.92 Å². The van der Waals surface area contributed by atoms with Gasteiger partial charge in [0.1, 0.15) is 0 Å². The van der Waals surface area contributed by atoms with E-state index in [0.29, 0.717) is 12.0 Å². The van der Waals surface area contributed by atoms with E-state index < -0.39 is 0 Å². The highest BCUT2D eigenvalue weighted by Crippen LogP contribution is 2.27. The van der Waals surface area contributed by atoms with Crippen LogP contribution in [0.5, 0.6) is 0 Å². The summed E-state index contributed by atoms with van der Waals surface area (Å²) in [6.45, 7) is 5.45. The molecule has 1 aliphatic heterocycles. The van der Waals surface area contributed by atoms with Crippen LogP contribution >= 0.6 is 11.6 Å². The van der Waals surface area contributed by atoms with Gasteiger partial charge in [-0.2, -0.15) is 0 Å². The van der Waals surface area contributed by atoms with Gasteiger partial charge in [0.25, 0.3) is 0 Å². The summed E-state index contributed by atoms with van der Waals surface area (Å²) in [5.41, 5.74) is 2.48. The standard InChI is InChI=1S/C11H15ClN2/c1-7(2)10-11-8(3-4-13-10)5-9(12)6-14-11/h5-7,10,13H,3-4H2,1-2H3. The molecule has 0 fully saturated rings. The SMILES string of the molecule is CC(C)C1NCCc2cc(Cl)cnc21. The normalized spacial score (nSPS) is 21.0. The second kappa shape index (κ2) is 3.87. The van der Waals surface area contributed by atoms with Gasteiger partial charge in [-0.05, 0) is 30.5 Å². The summed E-state index contributed by atoms with van der Waals surface area (Å²) in [6.07, 6.45) is 2.77. The molecule has 3 heteroatoms. The molecule has 76 valence electrons. The van der Waals surface area contributed by atoms with E-state index >= 15 is 0 Å². The highest BCUT2D eigenvalue weighted by atomic mass is 35.5. The van der Waals surface area contributed by atoms with Crippen LogP contribution in [0.15, 0.2) is 12.3 Å². The Morgan fingerprint density at radius 1 is 1.57 bits per heavy atom. The van der Waals surface area contributed by atoms with E-state index in [1.165, 1.54) is 11.3 Å². The maximum Gasteiger partial charge on any atom is 0.0609 e. The van der Waals surface area contributed by atoms with Crippen molar-refractivity contribution in [3.05, 3.63) is 28.5 Å². The Morgan fingerprint density at radius 2 is 2.36 bits per heavy atom. The molecule has 2 rings (SSSR count). The number of aromatic nitrogens is 1. The molecule has 0 amide bonds. The zero-order valence-corrected chi connectivity index (χ0v) is 9.30. The van der Waals surface area contributed by atoms with Crippen molar-refractivity contribution in [1.82, 2.24) is 10.3 Å². The molecule has 1 aromatic rings. The van der Waals surface area contributed by atoms with E-state index in [1.54, 1.807) is 6.20 Å². The molecule has 1 aliphatic rings. The van der Waals surface area contributed by atoms with Crippen molar-refractivity contribution < 1.29 is 0 Å². The highest BCUT2D eigenvalue weighted by molar-refractivity contribution is 6.30. The van der Waals surface area contributed by atoms with Gasteiger partial charge >= 0.3 is 0 Å². The van der Waals surface area contributed by atoms with E-state index in [4.69, 9.17) is 11.6 Å². The Labute approximate surface area is 89.7 Å². The fourth-order valence-electron chi connectivity index (χ4n) is 1.98. The predicted octanol–water partition coefficient (Wildman–Crippen LogP) is 2.58. The largest absolute Gasteiger partial charge is 0.308 e. The zero-order valence-electron chi connectivity index (χ0n) is 8.55. The lowest BCUT2D eigenvalue weighted by molar-refractivity contribution is 0.386. The number of hydrogen-bond donors (Lipinski definition) is 1. The Morgan fingerprint density at radius 3 is 3.07 bits per heavy atom. The molecular weight excluding hydrogens is 196 g/mol. The lowest BCUT2D eigenvalue weighted by atomic mass is 9.92. The number of nitrogens with zero attached hydrogens (tertiary/aromatic N) is 1. The highest BCUT2D eigenvalue weighted by Gasteiger charge is 2.23. The van der Waals surface area contributed by atoms with Gasteiger partial charge in [0, 0.05) is 6.20 Å². The van der Waals surface area contributed by atoms with Crippen LogP contribution in [-0.4, -0.2) is 11.5 Å². The molecule has 1 unspecified atom stereocenters. The van der Waals surface area contributed by atoms with Gasteiger partial charge in [0.15, 0.2) is 0 Å². The predicted molar refractivity (Wildman–Crippen MR) is 58.5 cm³/mol. The Balaban J connectivity index is 2.40. The van der Waals surface area contributed by atoms with Gasteiger partial charge in [-0.15, -0.1) is 0 Å². The molecule has 14 heavy (non-hydrogen) atoms. The lowest BCUT2D eigenvalue weighted by Crippen LogP contribution is -2.33. The van der Waals surface area contributed by atoms with Crippen molar-refractivity contribution >= 4 is 11.6 Å². The van der Waals surface area contributed by atoms with Crippen LogP contribution in [0.25, 0.3) is 0 Å². The number of pyridine rings is 1. The fraction of sp³-hybridized carbons (Fsp3) is 0.545. The summed E-state index contributed by atoms with van der Waals surface area (Å²) in [7, 11) is 0. The molecule has 1 N–H and O–H groups in total. The minimum absolute atomic E-state index is 0.385. The van der Waals surface area contributed by atoms with Gasteiger partial charge in [0.05, 0.1) is 16.8 Å². The fourth-order valence-corrected chi connectivity index (χ4v) is 2.16.